The Morgan fingerprint density at radius 3 is 2.79 bits per heavy atom. The molecule has 0 aliphatic heterocycles. The molecule has 0 radical (unpaired) electrons. The van der Waals surface area contributed by atoms with E-state index in [1.54, 1.807) is 18.2 Å². The van der Waals surface area contributed by atoms with Crippen LogP contribution in [0.4, 0.5) is 10.5 Å². The Labute approximate surface area is 112 Å². The molecule has 0 saturated heterocycles. The van der Waals surface area contributed by atoms with Crippen molar-refractivity contribution >= 4 is 17.6 Å². The van der Waals surface area contributed by atoms with E-state index in [-0.39, 0.29) is 11.9 Å². The summed E-state index contributed by atoms with van der Waals surface area (Å²) < 4.78 is 5.17. The molecule has 19 heavy (non-hydrogen) atoms. The summed E-state index contributed by atoms with van der Waals surface area (Å²) in [5.41, 5.74) is 6.49. The molecule has 6 heteroatoms. The van der Waals surface area contributed by atoms with Crippen molar-refractivity contribution in [2.24, 2.45) is 5.73 Å². The maximum absolute atomic E-state index is 11.6. The average Bonchev–Trinajstić information content (AvgIpc) is 2.39. The Bertz CT molecular complexity index is 460. The van der Waals surface area contributed by atoms with Crippen LogP contribution in [-0.4, -0.2) is 25.5 Å². The van der Waals surface area contributed by atoms with E-state index in [4.69, 9.17) is 15.9 Å². The third-order valence-electron chi connectivity index (χ3n) is 2.58. The summed E-state index contributed by atoms with van der Waals surface area (Å²) in [6.07, 6.45) is 1.96. The van der Waals surface area contributed by atoms with Gasteiger partial charge < -0.3 is 21.1 Å². The van der Waals surface area contributed by atoms with E-state index in [2.05, 4.69) is 17.6 Å². The van der Waals surface area contributed by atoms with Gasteiger partial charge in [-0.2, -0.15) is 0 Å². The second-order valence-electron chi connectivity index (χ2n) is 4.06. The van der Waals surface area contributed by atoms with Crippen LogP contribution in [0.1, 0.15) is 25.3 Å². The van der Waals surface area contributed by atoms with Crippen molar-refractivity contribution in [2.45, 2.75) is 19.8 Å². The Kier molecular flexibility index (Phi) is 5.66. The number of nitrogens with one attached hydrogen (secondary N) is 3. The van der Waals surface area contributed by atoms with Crippen LogP contribution in [-0.2, 0) is 0 Å². The Morgan fingerprint density at radius 1 is 1.47 bits per heavy atom. The molecule has 0 saturated carbocycles. The molecule has 0 spiro atoms. The van der Waals surface area contributed by atoms with Gasteiger partial charge in [-0.05, 0) is 24.6 Å². The number of nitrogens with two attached hydrogens (primary N) is 1. The second kappa shape index (κ2) is 7.25. The lowest BCUT2D eigenvalue weighted by molar-refractivity contribution is 0.252. The number of amides is 2. The summed E-state index contributed by atoms with van der Waals surface area (Å²) in [4.78, 5) is 11.6. The van der Waals surface area contributed by atoms with Crippen molar-refractivity contribution in [3.05, 3.63) is 23.8 Å². The van der Waals surface area contributed by atoms with Gasteiger partial charge in [0.05, 0.1) is 12.8 Å². The van der Waals surface area contributed by atoms with Crippen LogP contribution >= 0.6 is 0 Å². The lowest BCUT2D eigenvalue weighted by Gasteiger charge is -2.12. The summed E-state index contributed by atoms with van der Waals surface area (Å²) in [7, 11) is 1.50. The van der Waals surface area contributed by atoms with E-state index in [9.17, 15) is 4.79 Å². The average molecular weight is 264 g/mol. The van der Waals surface area contributed by atoms with Gasteiger partial charge >= 0.3 is 6.03 Å². The molecule has 1 aromatic carbocycles. The first-order valence-corrected chi connectivity index (χ1v) is 6.15. The first-order valence-electron chi connectivity index (χ1n) is 6.15. The zero-order chi connectivity index (χ0) is 14.3. The summed E-state index contributed by atoms with van der Waals surface area (Å²) in [6, 6.07) is 4.66. The van der Waals surface area contributed by atoms with Crippen molar-refractivity contribution < 1.29 is 9.53 Å². The first-order chi connectivity index (χ1) is 9.08. The van der Waals surface area contributed by atoms with Gasteiger partial charge in [-0.15, -0.1) is 0 Å². The van der Waals surface area contributed by atoms with Crippen molar-refractivity contribution in [1.82, 2.24) is 5.32 Å². The highest BCUT2D eigenvalue weighted by Gasteiger charge is 2.08. The number of unbranched alkanes of at least 4 members (excludes halogenated alkanes) is 1. The molecule has 0 aliphatic carbocycles. The highest BCUT2D eigenvalue weighted by molar-refractivity contribution is 5.97. The van der Waals surface area contributed by atoms with E-state index >= 15 is 0 Å². The van der Waals surface area contributed by atoms with Gasteiger partial charge in [-0.1, -0.05) is 13.3 Å². The largest absolute Gasteiger partial charge is 0.495 e. The lowest BCUT2D eigenvalue weighted by atomic mass is 10.1. The maximum atomic E-state index is 11.6. The van der Waals surface area contributed by atoms with Crippen LogP contribution in [0, 0.1) is 5.41 Å². The molecular formula is C13H20N4O2. The lowest BCUT2D eigenvalue weighted by Crippen LogP contribution is -2.29. The SMILES string of the molecule is CCCCNC(=O)Nc1ccc(C(=N)N)cc1OC. The molecule has 2 amide bonds. The monoisotopic (exact) mass is 264 g/mol. The highest BCUT2D eigenvalue weighted by atomic mass is 16.5. The van der Waals surface area contributed by atoms with Crippen LogP contribution in [0.2, 0.25) is 0 Å². The number of urea groups is 1. The quantitative estimate of drug-likeness (QED) is 0.358. The normalized spacial score (nSPS) is 9.79. The molecule has 104 valence electrons. The van der Waals surface area contributed by atoms with Gasteiger partial charge in [0.25, 0.3) is 0 Å². The summed E-state index contributed by atoms with van der Waals surface area (Å²) >= 11 is 0. The fourth-order valence-corrected chi connectivity index (χ4v) is 1.51. The van der Waals surface area contributed by atoms with Crippen LogP contribution in [0.25, 0.3) is 0 Å². The number of anilines is 1. The van der Waals surface area contributed by atoms with Gasteiger partial charge in [-0.3, -0.25) is 5.41 Å². The zero-order valence-electron chi connectivity index (χ0n) is 11.2. The number of amidine groups is 1. The fourth-order valence-electron chi connectivity index (χ4n) is 1.51. The van der Waals surface area contributed by atoms with E-state index in [0.29, 0.717) is 23.5 Å². The predicted octanol–water partition coefficient (Wildman–Crippen LogP) is 1.90. The number of benzene rings is 1. The van der Waals surface area contributed by atoms with Gasteiger partial charge in [0, 0.05) is 12.1 Å². The van der Waals surface area contributed by atoms with Crippen LogP contribution < -0.4 is 21.1 Å². The van der Waals surface area contributed by atoms with Gasteiger partial charge in [0.15, 0.2) is 0 Å². The van der Waals surface area contributed by atoms with Gasteiger partial charge in [0.1, 0.15) is 11.6 Å². The molecule has 0 bridgehead atoms. The number of nitrogen functional groups attached to an aromatic ring is 1. The van der Waals surface area contributed by atoms with Gasteiger partial charge in [0.2, 0.25) is 0 Å². The molecule has 0 unspecified atom stereocenters. The second-order valence-corrected chi connectivity index (χ2v) is 4.06. The summed E-state index contributed by atoms with van der Waals surface area (Å²) in [6.45, 7) is 2.69. The topological polar surface area (TPSA) is 100 Å². The first kappa shape index (κ1) is 14.8. The number of hydrogen-bond donors (Lipinski definition) is 4. The van der Waals surface area contributed by atoms with Crippen LogP contribution in [0.3, 0.4) is 0 Å². The minimum absolute atomic E-state index is 0.0442. The van der Waals surface area contributed by atoms with Crippen molar-refractivity contribution in [2.75, 3.05) is 19.0 Å². The maximum Gasteiger partial charge on any atom is 0.319 e. The minimum atomic E-state index is -0.276. The highest BCUT2D eigenvalue weighted by Crippen LogP contribution is 2.25. The standard InChI is InChI=1S/C13H20N4O2/c1-3-4-7-16-13(18)17-10-6-5-9(12(14)15)8-11(10)19-2/h5-6,8H,3-4,7H2,1-2H3,(H3,14,15)(H2,16,17,18). The Hall–Kier alpha value is -2.24. The Morgan fingerprint density at radius 2 is 2.21 bits per heavy atom. The Balaban J connectivity index is 2.72. The predicted molar refractivity (Wildman–Crippen MR) is 75.9 cm³/mol. The van der Waals surface area contributed by atoms with Crippen molar-refractivity contribution in [3.8, 4) is 5.75 Å². The molecule has 1 aromatic rings. The minimum Gasteiger partial charge on any atom is -0.495 e. The molecular weight excluding hydrogens is 244 g/mol. The van der Waals surface area contributed by atoms with Crippen molar-refractivity contribution in [1.29, 1.82) is 5.41 Å². The van der Waals surface area contributed by atoms with E-state index in [0.717, 1.165) is 12.8 Å². The van der Waals surface area contributed by atoms with E-state index in [1.807, 2.05) is 0 Å². The molecule has 5 N–H and O–H groups in total. The third kappa shape index (κ3) is 4.50. The third-order valence-corrected chi connectivity index (χ3v) is 2.58. The summed E-state index contributed by atoms with van der Waals surface area (Å²) in [5, 5.41) is 12.8. The molecule has 0 atom stereocenters. The molecule has 0 aliphatic rings. The molecule has 6 nitrogen and oxygen atoms in total. The summed E-state index contributed by atoms with van der Waals surface area (Å²) in [5.74, 6) is 0.426. The number of carbonyl (C=O) groups excluding carboxylic acids is 1. The number of methoxy groups -OCH3 is 1. The fraction of sp³-hybridized carbons (Fsp3) is 0.385. The zero-order valence-corrected chi connectivity index (χ0v) is 11.2. The number of carbonyl (C=O) groups is 1. The molecule has 0 heterocycles. The number of rotatable bonds is 6. The molecule has 0 aromatic heterocycles. The number of hydrogen-bond acceptors (Lipinski definition) is 3. The smallest absolute Gasteiger partial charge is 0.319 e. The molecule has 0 fully saturated rings. The molecule has 1 rings (SSSR count). The van der Waals surface area contributed by atoms with Crippen molar-refractivity contribution in [3.63, 3.8) is 0 Å². The van der Waals surface area contributed by atoms with E-state index < -0.39 is 0 Å². The van der Waals surface area contributed by atoms with Crippen LogP contribution in [0.15, 0.2) is 18.2 Å². The van der Waals surface area contributed by atoms with E-state index in [1.165, 1.54) is 7.11 Å². The van der Waals surface area contributed by atoms with Gasteiger partial charge in [-0.25, -0.2) is 4.79 Å². The number of ether oxygens (including phenoxy) is 1. The van der Waals surface area contributed by atoms with Crippen LogP contribution in [0.5, 0.6) is 5.75 Å².